The maximum atomic E-state index is 9.03. The van der Waals surface area contributed by atoms with E-state index in [0.29, 0.717) is 58.4 Å². The number of hydrogen-bond donors (Lipinski definition) is 3. The van der Waals surface area contributed by atoms with Gasteiger partial charge in [-0.15, -0.1) is 5.10 Å². The van der Waals surface area contributed by atoms with Crippen molar-refractivity contribution in [2.45, 2.75) is 25.8 Å². The van der Waals surface area contributed by atoms with Crippen LogP contribution in [-0.4, -0.2) is 55.6 Å². The molecule has 0 amide bonds. The predicted molar refractivity (Wildman–Crippen MR) is 146 cm³/mol. The van der Waals surface area contributed by atoms with Crippen LogP contribution in [0.3, 0.4) is 0 Å². The summed E-state index contributed by atoms with van der Waals surface area (Å²) in [4.78, 5) is 16.2. The highest BCUT2D eigenvalue weighted by atomic mass is 35.5. The zero-order valence-corrected chi connectivity index (χ0v) is 21.6. The number of likely N-dealkylation sites (tertiary alicyclic amines) is 1. The second-order valence-corrected chi connectivity index (χ2v) is 9.66. The Morgan fingerprint density at radius 3 is 2.54 bits per heavy atom. The minimum Gasteiger partial charge on any atom is -0.383 e. The summed E-state index contributed by atoms with van der Waals surface area (Å²) in [6.07, 6.45) is 3.68. The van der Waals surface area contributed by atoms with Gasteiger partial charge in [-0.1, -0.05) is 29.6 Å². The summed E-state index contributed by atoms with van der Waals surface area (Å²) in [7, 11) is 0. The molecular weight excluding hydrogens is 511 g/mol. The number of halogens is 2. The van der Waals surface area contributed by atoms with Gasteiger partial charge in [0.2, 0.25) is 5.95 Å². The van der Waals surface area contributed by atoms with E-state index in [-0.39, 0.29) is 5.82 Å². The molecule has 1 aliphatic heterocycles. The number of aromatic nitrogens is 5. The SMILES string of the molecule is N#Cc1ccc(NCCNc2nc(-c3ccc(Cl)cc3Cl)cc3nc(CN4CCCCC4)nn23)nc1N. The van der Waals surface area contributed by atoms with E-state index in [0.717, 1.165) is 24.5 Å². The molecule has 4 aromatic rings. The lowest BCUT2D eigenvalue weighted by atomic mass is 10.1. The summed E-state index contributed by atoms with van der Waals surface area (Å²) in [5.74, 6) is 2.08. The van der Waals surface area contributed by atoms with E-state index in [1.165, 1.54) is 19.3 Å². The fraction of sp³-hybridized carbons (Fsp3) is 0.320. The molecule has 1 saturated heterocycles. The highest BCUT2D eigenvalue weighted by Crippen LogP contribution is 2.30. The van der Waals surface area contributed by atoms with Gasteiger partial charge in [-0.25, -0.2) is 15.0 Å². The minimum atomic E-state index is 0.195. The lowest BCUT2D eigenvalue weighted by molar-refractivity contribution is 0.216. The summed E-state index contributed by atoms with van der Waals surface area (Å²) in [6, 6.07) is 12.6. The number of hydrogen-bond acceptors (Lipinski definition) is 9. The lowest BCUT2D eigenvalue weighted by Gasteiger charge is -2.24. The molecule has 0 spiro atoms. The smallest absolute Gasteiger partial charge is 0.226 e. The van der Waals surface area contributed by atoms with Crippen molar-refractivity contribution in [1.82, 2.24) is 29.5 Å². The molecular formula is C25H26Cl2N10. The molecule has 0 bridgehead atoms. The Kier molecular flexibility index (Phi) is 7.55. The van der Waals surface area contributed by atoms with Crippen LogP contribution in [-0.2, 0) is 6.54 Å². The molecule has 3 aromatic heterocycles. The molecule has 37 heavy (non-hydrogen) atoms. The summed E-state index contributed by atoms with van der Waals surface area (Å²) < 4.78 is 1.73. The van der Waals surface area contributed by atoms with E-state index in [4.69, 9.17) is 49.3 Å². The van der Waals surface area contributed by atoms with Gasteiger partial charge in [0.05, 0.1) is 22.8 Å². The zero-order valence-electron chi connectivity index (χ0n) is 20.1. The molecule has 190 valence electrons. The molecule has 10 nitrogen and oxygen atoms in total. The van der Waals surface area contributed by atoms with Gasteiger partial charge >= 0.3 is 0 Å². The number of benzene rings is 1. The number of nitrogen functional groups attached to an aromatic ring is 1. The van der Waals surface area contributed by atoms with E-state index in [1.807, 2.05) is 18.2 Å². The van der Waals surface area contributed by atoms with Gasteiger partial charge in [0.15, 0.2) is 11.5 Å². The topological polar surface area (TPSA) is 133 Å². The Labute approximate surface area is 224 Å². The van der Waals surface area contributed by atoms with Gasteiger partial charge in [-0.3, -0.25) is 4.90 Å². The van der Waals surface area contributed by atoms with Crippen molar-refractivity contribution in [3.05, 3.63) is 57.8 Å². The molecule has 12 heteroatoms. The second-order valence-electron chi connectivity index (χ2n) is 8.82. The van der Waals surface area contributed by atoms with Crippen LogP contribution < -0.4 is 16.4 Å². The first-order chi connectivity index (χ1) is 18.0. The number of rotatable bonds is 8. The van der Waals surface area contributed by atoms with Gasteiger partial charge in [-0.05, 0) is 56.3 Å². The van der Waals surface area contributed by atoms with Gasteiger partial charge in [0.25, 0.3) is 0 Å². The van der Waals surface area contributed by atoms with E-state index < -0.39 is 0 Å². The summed E-state index contributed by atoms with van der Waals surface area (Å²) in [5, 5.41) is 21.4. The summed E-state index contributed by atoms with van der Waals surface area (Å²) in [6.45, 7) is 3.87. The lowest BCUT2D eigenvalue weighted by Crippen LogP contribution is -2.29. The highest BCUT2D eigenvalue weighted by Gasteiger charge is 2.17. The molecule has 1 fully saturated rings. The molecule has 0 atom stereocenters. The number of nitrogens with two attached hydrogens (primary N) is 1. The summed E-state index contributed by atoms with van der Waals surface area (Å²) >= 11 is 12.6. The van der Waals surface area contributed by atoms with Crippen LogP contribution in [0.2, 0.25) is 10.0 Å². The first-order valence-electron chi connectivity index (χ1n) is 12.1. The molecule has 0 unspecified atom stereocenters. The first-order valence-corrected chi connectivity index (χ1v) is 12.8. The monoisotopic (exact) mass is 536 g/mol. The molecule has 0 radical (unpaired) electrons. The van der Waals surface area contributed by atoms with E-state index in [1.54, 1.807) is 28.8 Å². The highest BCUT2D eigenvalue weighted by molar-refractivity contribution is 6.36. The van der Waals surface area contributed by atoms with Gasteiger partial charge < -0.3 is 16.4 Å². The Morgan fingerprint density at radius 1 is 0.973 bits per heavy atom. The third-order valence-electron chi connectivity index (χ3n) is 6.15. The van der Waals surface area contributed by atoms with Crippen LogP contribution in [0, 0.1) is 11.3 Å². The van der Waals surface area contributed by atoms with Crippen molar-refractivity contribution in [2.24, 2.45) is 0 Å². The number of fused-ring (bicyclic) bond motifs is 1. The van der Waals surface area contributed by atoms with Crippen LogP contribution in [0.5, 0.6) is 0 Å². The Balaban J connectivity index is 1.38. The van der Waals surface area contributed by atoms with Gasteiger partial charge in [0, 0.05) is 29.7 Å². The first kappa shape index (κ1) is 25.0. The van der Waals surface area contributed by atoms with Gasteiger partial charge in [-0.2, -0.15) is 9.78 Å². The normalized spacial score (nSPS) is 14.0. The van der Waals surface area contributed by atoms with Crippen LogP contribution in [0.1, 0.15) is 30.7 Å². The maximum absolute atomic E-state index is 9.03. The summed E-state index contributed by atoms with van der Waals surface area (Å²) in [5.41, 5.74) is 8.27. The van der Waals surface area contributed by atoms with Crippen LogP contribution >= 0.6 is 23.2 Å². The minimum absolute atomic E-state index is 0.195. The number of anilines is 3. The number of nitrogens with zero attached hydrogens (tertiary/aromatic N) is 7. The largest absolute Gasteiger partial charge is 0.383 e. The molecule has 0 aliphatic carbocycles. The third kappa shape index (κ3) is 5.85. The fourth-order valence-electron chi connectivity index (χ4n) is 4.30. The fourth-order valence-corrected chi connectivity index (χ4v) is 4.81. The van der Waals surface area contributed by atoms with Crippen molar-refractivity contribution in [2.75, 3.05) is 42.5 Å². The van der Waals surface area contributed by atoms with Crippen LogP contribution in [0.4, 0.5) is 17.6 Å². The average molecular weight is 537 g/mol. The zero-order chi connectivity index (χ0) is 25.8. The van der Waals surface area contributed by atoms with Crippen molar-refractivity contribution in [3.8, 4) is 17.3 Å². The Hall–Kier alpha value is -3.65. The predicted octanol–water partition coefficient (Wildman–Crippen LogP) is 4.46. The molecule has 4 heterocycles. The molecule has 5 rings (SSSR count). The van der Waals surface area contributed by atoms with E-state index in [9.17, 15) is 0 Å². The average Bonchev–Trinajstić information content (AvgIpc) is 3.29. The second kappa shape index (κ2) is 11.2. The molecule has 1 aliphatic rings. The maximum Gasteiger partial charge on any atom is 0.226 e. The van der Waals surface area contributed by atoms with Gasteiger partial charge in [0.1, 0.15) is 17.7 Å². The van der Waals surface area contributed by atoms with Crippen LogP contribution in [0.25, 0.3) is 16.9 Å². The van der Waals surface area contributed by atoms with Crippen molar-refractivity contribution in [3.63, 3.8) is 0 Å². The number of piperidine rings is 1. The quantitative estimate of drug-likeness (QED) is 0.279. The number of pyridine rings is 1. The van der Waals surface area contributed by atoms with E-state index in [2.05, 4.69) is 20.5 Å². The molecule has 0 saturated carbocycles. The van der Waals surface area contributed by atoms with Crippen molar-refractivity contribution in [1.29, 1.82) is 5.26 Å². The molecule has 4 N–H and O–H groups in total. The Bertz CT molecular complexity index is 1460. The van der Waals surface area contributed by atoms with Crippen molar-refractivity contribution >= 4 is 46.4 Å². The number of nitriles is 1. The van der Waals surface area contributed by atoms with Crippen molar-refractivity contribution < 1.29 is 0 Å². The standard InChI is InChI=1S/C25H26Cl2N10/c26-17-5-6-18(19(27)12-17)20-13-23-33-22(15-36-10-2-1-3-11-36)35-37(23)25(32-20)31-9-8-30-21-7-4-16(14-28)24(29)34-21/h4-7,12-13H,1-3,8-11,15H2,(H,31,32)(H3,29,30,34). The Morgan fingerprint density at radius 2 is 1.78 bits per heavy atom. The third-order valence-corrected chi connectivity index (χ3v) is 6.70. The number of nitrogens with one attached hydrogen (secondary N) is 2. The molecule has 1 aromatic carbocycles. The van der Waals surface area contributed by atoms with E-state index >= 15 is 0 Å². The van der Waals surface area contributed by atoms with Crippen LogP contribution in [0.15, 0.2) is 36.4 Å².